The number of nitrogens with zero attached hydrogens (tertiary/aromatic N) is 2. The van der Waals surface area contributed by atoms with E-state index in [1.165, 1.54) is 62.2 Å². The molecular formula is C18H27N3OS. The number of likely N-dealkylation sites (tertiary alicyclic amines) is 1. The van der Waals surface area contributed by atoms with E-state index in [-0.39, 0.29) is 4.87 Å². The quantitative estimate of drug-likeness (QED) is 0.883. The standard InChI is InChI=1S/C18H27N3OS/c1-20(12-13-21-9-4-2-3-5-10-21)11-8-15-6-7-16-17(14-15)23-18(22)19-16/h6-7,14H,2-5,8-13H2,1H3,(H,19,22). The number of thiazole rings is 1. The zero-order valence-electron chi connectivity index (χ0n) is 14.0. The molecule has 1 aromatic heterocycles. The summed E-state index contributed by atoms with van der Waals surface area (Å²) in [7, 11) is 2.21. The normalized spacial score (nSPS) is 17.0. The second kappa shape index (κ2) is 8.08. The van der Waals surface area contributed by atoms with Gasteiger partial charge in [-0.05, 0) is 57.1 Å². The molecule has 0 bridgehead atoms. The van der Waals surface area contributed by atoms with Crippen LogP contribution in [0, 0.1) is 0 Å². The number of hydrogen-bond donors (Lipinski definition) is 1. The largest absolute Gasteiger partial charge is 0.312 e. The molecule has 1 fully saturated rings. The van der Waals surface area contributed by atoms with Gasteiger partial charge >= 0.3 is 4.87 Å². The third kappa shape index (κ3) is 4.90. The molecule has 1 N–H and O–H groups in total. The van der Waals surface area contributed by atoms with Crippen LogP contribution in [0.1, 0.15) is 31.2 Å². The van der Waals surface area contributed by atoms with Gasteiger partial charge in [0, 0.05) is 19.6 Å². The summed E-state index contributed by atoms with van der Waals surface area (Å²) < 4.78 is 1.07. The van der Waals surface area contributed by atoms with E-state index in [2.05, 4.69) is 34.0 Å². The van der Waals surface area contributed by atoms with E-state index in [1.807, 2.05) is 6.07 Å². The first kappa shape index (κ1) is 16.7. The fourth-order valence-electron chi connectivity index (χ4n) is 3.25. The molecule has 0 radical (unpaired) electrons. The Morgan fingerprint density at radius 2 is 1.96 bits per heavy atom. The van der Waals surface area contributed by atoms with Crippen molar-refractivity contribution in [1.82, 2.24) is 14.8 Å². The van der Waals surface area contributed by atoms with Crippen LogP contribution in [0.25, 0.3) is 10.2 Å². The molecule has 0 spiro atoms. The van der Waals surface area contributed by atoms with Crippen LogP contribution < -0.4 is 4.87 Å². The highest BCUT2D eigenvalue weighted by atomic mass is 32.1. The molecule has 5 heteroatoms. The van der Waals surface area contributed by atoms with Gasteiger partial charge in [0.15, 0.2) is 0 Å². The lowest BCUT2D eigenvalue weighted by molar-refractivity contribution is 0.232. The minimum atomic E-state index is 0.0340. The second-order valence-corrected chi connectivity index (χ2v) is 7.67. The Kier molecular flexibility index (Phi) is 5.86. The van der Waals surface area contributed by atoms with E-state index in [9.17, 15) is 4.79 Å². The Morgan fingerprint density at radius 3 is 2.74 bits per heavy atom. The van der Waals surface area contributed by atoms with Gasteiger partial charge < -0.3 is 14.8 Å². The molecule has 2 aromatic rings. The van der Waals surface area contributed by atoms with Gasteiger partial charge in [0.25, 0.3) is 0 Å². The summed E-state index contributed by atoms with van der Waals surface area (Å²) in [6.07, 6.45) is 6.57. The number of aromatic amines is 1. The number of nitrogens with one attached hydrogen (secondary N) is 1. The lowest BCUT2D eigenvalue weighted by Crippen LogP contribution is -2.34. The Morgan fingerprint density at radius 1 is 1.17 bits per heavy atom. The lowest BCUT2D eigenvalue weighted by atomic mass is 10.1. The molecule has 126 valence electrons. The highest BCUT2D eigenvalue weighted by Gasteiger charge is 2.10. The van der Waals surface area contributed by atoms with Gasteiger partial charge in [0.05, 0.1) is 10.2 Å². The predicted molar refractivity (Wildman–Crippen MR) is 98.6 cm³/mol. The van der Waals surface area contributed by atoms with Crippen LogP contribution >= 0.6 is 11.3 Å². The molecule has 1 aliphatic rings. The molecule has 1 aliphatic heterocycles. The van der Waals surface area contributed by atoms with E-state index < -0.39 is 0 Å². The summed E-state index contributed by atoms with van der Waals surface area (Å²) in [6.45, 7) is 5.95. The highest BCUT2D eigenvalue weighted by molar-refractivity contribution is 7.16. The van der Waals surface area contributed by atoms with Crippen molar-refractivity contribution in [3.8, 4) is 0 Å². The summed E-state index contributed by atoms with van der Waals surface area (Å²) >= 11 is 1.30. The number of rotatable bonds is 6. The number of H-pyrrole nitrogens is 1. The van der Waals surface area contributed by atoms with Crippen LogP contribution in [-0.2, 0) is 6.42 Å². The van der Waals surface area contributed by atoms with Crippen molar-refractivity contribution < 1.29 is 0 Å². The van der Waals surface area contributed by atoms with E-state index >= 15 is 0 Å². The summed E-state index contributed by atoms with van der Waals surface area (Å²) in [5.74, 6) is 0. The van der Waals surface area contributed by atoms with E-state index in [0.29, 0.717) is 0 Å². The smallest absolute Gasteiger partial charge is 0.305 e. The van der Waals surface area contributed by atoms with Crippen LogP contribution in [0.2, 0.25) is 0 Å². The van der Waals surface area contributed by atoms with Crippen LogP contribution in [0.5, 0.6) is 0 Å². The third-order valence-electron chi connectivity index (χ3n) is 4.76. The minimum absolute atomic E-state index is 0.0340. The molecule has 1 saturated heterocycles. The van der Waals surface area contributed by atoms with Gasteiger partial charge in [0.1, 0.15) is 0 Å². The topological polar surface area (TPSA) is 39.3 Å². The third-order valence-corrected chi connectivity index (χ3v) is 5.61. The first-order chi connectivity index (χ1) is 11.2. The average Bonchev–Trinajstić information content (AvgIpc) is 2.74. The fourth-order valence-corrected chi connectivity index (χ4v) is 4.05. The van der Waals surface area contributed by atoms with E-state index in [4.69, 9.17) is 0 Å². The monoisotopic (exact) mass is 333 g/mol. The van der Waals surface area contributed by atoms with Crippen molar-refractivity contribution in [1.29, 1.82) is 0 Å². The van der Waals surface area contributed by atoms with Crippen molar-refractivity contribution >= 4 is 21.6 Å². The van der Waals surface area contributed by atoms with E-state index in [1.54, 1.807) is 0 Å². The molecule has 0 atom stereocenters. The molecule has 1 aromatic carbocycles. The maximum atomic E-state index is 11.4. The fraction of sp³-hybridized carbons (Fsp3) is 0.611. The molecule has 0 amide bonds. The van der Waals surface area contributed by atoms with Crippen LogP contribution in [0.4, 0.5) is 0 Å². The summed E-state index contributed by atoms with van der Waals surface area (Å²) in [4.78, 5) is 19.3. The molecule has 0 aliphatic carbocycles. The summed E-state index contributed by atoms with van der Waals surface area (Å²) in [6, 6.07) is 6.31. The summed E-state index contributed by atoms with van der Waals surface area (Å²) in [5, 5.41) is 0. The molecule has 0 unspecified atom stereocenters. The molecule has 3 rings (SSSR count). The van der Waals surface area contributed by atoms with Crippen molar-refractivity contribution in [2.75, 3.05) is 39.8 Å². The maximum absolute atomic E-state index is 11.4. The Labute approximate surface area is 142 Å². The second-order valence-electron chi connectivity index (χ2n) is 6.65. The van der Waals surface area contributed by atoms with Gasteiger partial charge in [0.2, 0.25) is 0 Å². The SMILES string of the molecule is CN(CCc1ccc2[nH]c(=O)sc2c1)CCN1CCCCCC1. The minimum Gasteiger partial charge on any atom is -0.312 e. The Balaban J connectivity index is 1.45. The van der Waals surface area contributed by atoms with Crippen molar-refractivity contribution in [3.63, 3.8) is 0 Å². The van der Waals surface area contributed by atoms with Gasteiger partial charge in [-0.1, -0.05) is 30.2 Å². The van der Waals surface area contributed by atoms with Crippen LogP contribution in [-0.4, -0.2) is 54.6 Å². The van der Waals surface area contributed by atoms with Gasteiger partial charge in [-0.25, -0.2) is 0 Å². The average molecular weight is 334 g/mol. The number of hydrogen-bond acceptors (Lipinski definition) is 4. The summed E-state index contributed by atoms with van der Waals surface area (Å²) in [5.41, 5.74) is 2.27. The highest BCUT2D eigenvalue weighted by Crippen LogP contribution is 2.16. The van der Waals surface area contributed by atoms with Crippen LogP contribution in [0.3, 0.4) is 0 Å². The molecular weight excluding hydrogens is 306 g/mol. The van der Waals surface area contributed by atoms with Gasteiger partial charge in [-0.2, -0.15) is 0 Å². The van der Waals surface area contributed by atoms with Gasteiger partial charge in [-0.15, -0.1) is 0 Å². The Bertz CT molecular complexity index is 670. The van der Waals surface area contributed by atoms with Crippen molar-refractivity contribution in [2.24, 2.45) is 0 Å². The first-order valence-electron chi connectivity index (χ1n) is 8.73. The molecule has 23 heavy (non-hydrogen) atoms. The van der Waals surface area contributed by atoms with E-state index in [0.717, 1.165) is 29.7 Å². The lowest BCUT2D eigenvalue weighted by Gasteiger charge is -2.24. The maximum Gasteiger partial charge on any atom is 0.305 e. The van der Waals surface area contributed by atoms with Crippen molar-refractivity contribution in [2.45, 2.75) is 32.1 Å². The number of fused-ring (bicyclic) bond motifs is 1. The van der Waals surface area contributed by atoms with Crippen LogP contribution in [0.15, 0.2) is 23.0 Å². The number of benzene rings is 1. The Hall–Kier alpha value is -1.17. The zero-order valence-corrected chi connectivity index (χ0v) is 14.8. The zero-order chi connectivity index (χ0) is 16.1. The van der Waals surface area contributed by atoms with Crippen molar-refractivity contribution in [3.05, 3.63) is 33.4 Å². The van der Waals surface area contributed by atoms with Gasteiger partial charge in [-0.3, -0.25) is 4.79 Å². The first-order valence-corrected chi connectivity index (χ1v) is 9.55. The number of likely N-dealkylation sites (N-methyl/N-ethyl adjacent to an activating group) is 1. The molecule has 0 saturated carbocycles. The molecule has 4 nitrogen and oxygen atoms in total. The number of aromatic nitrogens is 1. The predicted octanol–water partition coefficient (Wildman–Crippen LogP) is 2.94. The molecule has 2 heterocycles.